The molecule has 2 atom stereocenters. The molecule has 4 nitrogen and oxygen atoms in total. The molecule has 0 saturated carbocycles. The molecule has 1 N–H and O–H groups in total. The van der Waals surface area contributed by atoms with E-state index in [1.165, 1.54) is 11.3 Å². The Morgan fingerprint density at radius 1 is 1.45 bits per heavy atom. The minimum Gasteiger partial charge on any atom is -0.384 e. The fourth-order valence-corrected chi connectivity index (χ4v) is 3.10. The van der Waals surface area contributed by atoms with E-state index in [9.17, 15) is 4.79 Å². The van der Waals surface area contributed by atoms with Gasteiger partial charge >= 0.3 is 0 Å². The predicted molar refractivity (Wildman–Crippen MR) is 78.9 cm³/mol. The lowest BCUT2D eigenvalue weighted by molar-refractivity contribution is -0.131. The highest BCUT2D eigenvalue weighted by atomic mass is 16.5. The molecule has 2 heterocycles. The third-order valence-corrected chi connectivity index (χ3v) is 4.29. The number of benzene rings is 1. The van der Waals surface area contributed by atoms with Gasteiger partial charge in [0.05, 0.1) is 6.10 Å². The van der Waals surface area contributed by atoms with Crippen LogP contribution in [0.3, 0.4) is 0 Å². The monoisotopic (exact) mass is 274 g/mol. The number of nitrogens with one attached hydrogen (secondary N) is 1. The van der Waals surface area contributed by atoms with Crippen LogP contribution in [0.2, 0.25) is 0 Å². The second-order valence-corrected chi connectivity index (χ2v) is 5.78. The summed E-state index contributed by atoms with van der Waals surface area (Å²) in [6.07, 6.45) is 3.00. The van der Waals surface area contributed by atoms with Crippen molar-refractivity contribution >= 4 is 11.6 Å². The van der Waals surface area contributed by atoms with Crippen molar-refractivity contribution in [1.29, 1.82) is 0 Å². The third kappa shape index (κ3) is 2.80. The molecule has 4 heteroatoms. The topological polar surface area (TPSA) is 41.6 Å². The average molecular weight is 274 g/mol. The lowest BCUT2D eigenvalue weighted by atomic mass is 9.97. The van der Waals surface area contributed by atoms with Gasteiger partial charge in [-0.05, 0) is 24.5 Å². The maximum atomic E-state index is 12.3. The van der Waals surface area contributed by atoms with Crippen LogP contribution in [0.25, 0.3) is 0 Å². The van der Waals surface area contributed by atoms with E-state index in [0.29, 0.717) is 12.3 Å². The van der Waals surface area contributed by atoms with Crippen LogP contribution >= 0.6 is 0 Å². The van der Waals surface area contributed by atoms with Crippen LogP contribution in [0.4, 0.5) is 5.69 Å². The first-order chi connectivity index (χ1) is 9.74. The molecule has 1 saturated heterocycles. The third-order valence-electron chi connectivity index (χ3n) is 4.29. The maximum absolute atomic E-state index is 12.3. The summed E-state index contributed by atoms with van der Waals surface area (Å²) in [7, 11) is 1.89. The van der Waals surface area contributed by atoms with Crippen LogP contribution < -0.4 is 5.32 Å². The molecule has 20 heavy (non-hydrogen) atoms. The van der Waals surface area contributed by atoms with Gasteiger partial charge in [-0.3, -0.25) is 4.79 Å². The van der Waals surface area contributed by atoms with E-state index in [1.54, 1.807) is 0 Å². The summed E-state index contributed by atoms with van der Waals surface area (Å²) in [5.41, 5.74) is 2.44. The normalized spacial score (nSPS) is 24.2. The summed E-state index contributed by atoms with van der Waals surface area (Å²) >= 11 is 0. The highest BCUT2D eigenvalue weighted by Crippen LogP contribution is 2.33. The minimum atomic E-state index is 0.212. The van der Waals surface area contributed by atoms with Crippen LogP contribution in [0.1, 0.15) is 30.7 Å². The number of para-hydroxylation sites is 1. The number of carbonyl (C=O) groups excluding carboxylic acids is 1. The van der Waals surface area contributed by atoms with Crippen molar-refractivity contribution in [2.75, 3.05) is 32.1 Å². The Morgan fingerprint density at radius 3 is 3.10 bits per heavy atom. The van der Waals surface area contributed by atoms with E-state index in [-0.39, 0.29) is 12.0 Å². The van der Waals surface area contributed by atoms with Crippen molar-refractivity contribution in [3.05, 3.63) is 29.8 Å². The second-order valence-electron chi connectivity index (χ2n) is 5.78. The zero-order chi connectivity index (χ0) is 13.9. The number of hydrogen-bond acceptors (Lipinski definition) is 3. The molecule has 0 spiro atoms. The highest BCUT2D eigenvalue weighted by molar-refractivity contribution is 5.78. The Morgan fingerprint density at radius 2 is 2.30 bits per heavy atom. The second kappa shape index (κ2) is 5.83. The zero-order valence-electron chi connectivity index (χ0n) is 12.0. The lowest BCUT2D eigenvalue weighted by Crippen LogP contribution is -2.34. The first-order valence-corrected chi connectivity index (χ1v) is 7.42. The minimum absolute atomic E-state index is 0.212. The fraction of sp³-hybridized carbons (Fsp3) is 0.562. The molecule has 2 aliphatic rings. The van der Waals surface area contributed by atoms with Crippen LogP contribution in [-0.2, 0) is 9.53 Å². The summed E-state index contributed by atoms with van der Waals surface area (Å²) in [5, 5.41) is 3.37. The summed E-state index contributed by atoms with van der Waals surface area (Å²) < 4.78 is 5.59. The number of fused-ring (bicyclic) bond motifs is 1. The van der Waals surface area contributed by atoms with Gasteiger partial charge in [0, 0.05) is 44.8 Å². The number of rotatable bonds is 4. The van der Waals surface area contributed by atoms with Gasteiger partial charge in [0.2, 0.25) is 5.91 Å². The van der Waals surface area contributed by atoms with Gasteiger partial charge in [-0.1, -0.05) is 18.2 Å². The number of likely N-dealkylation sites (N-methyl/N-ethyl adjacent to an activating group) is 1. The van der Waals surface area contributed by atoms with Crippen LogP contribution in [0.15, 0.2) is 24.3 Å². The summed E-state index contributed by atoms with van der Waals surface area (Å²) in [6.45, 7) is 2.42. The SMILES string of the molecule is CN(CC1CCCO1)C(=O)CC1CNc2ccccc21. The fourth-order valence-electron chi connectivity index (χ4n) is 3.10. The van der Waals surface area contributed by atoms with Crippen LogP contribution in [-0.4, -0.2) is 43.7 Å². The summed E-state index contributed by atoms with van der Waals surface area (Å²) in [4.78, 5) is 14.2. The molecule has 1 aromatic carbocycles. The lowest BCUT2D eigenvalue weighted by Gasteiger charge is -2.22. The first kappa shape index (κ1) is 13.4. The van der Waals surface area contributed by atoms with Gasteiger partial charge in [0.15, 0.2) is 0 Å². The number of carbonyl (C=O) groups is 1. The summed E-state index contributed by atoms with van der Waals surface area (Å²) in [6, 6.07) is 8.27. The molecule has 108 valence electrons. The first-order valence-electron chi connectivity index (χ1n) is 7.42. The quantitative estimate of drug-likeness (QED) is 0.915. The van der Waals surface area contributed by atoms with E-state index in [0.717, 1.165) is 32.5 Å². The van der Waals surface area contributed by atoms with Crippen LogP contribution in [0.5, 0.6) is 0 Å². The van der Waals surface area contributed by atoms with Crippen molar-refractivity contribution in [3.8, 4) is 0 Å². The molecule has 2 unspecified atom stereocenters. The largest absolute Gasteiger partial charge is 0.384 e. The van der Waals surface area contributed by atoms with Crippen molar-refractivity contribution in [1.82, 2.24) is 4.90 Å². The summed E-state index contributed by atoms with van der Waals surface area (Å²) in [5.74, 6) is 0.509. The Balaban J connectivity index is 1.56. The number of hydrogen-bond donors (Lipinski definition) is 1. The van der Waals surface area contributed by atoms with Crippen molar-refractivity contribution in [2.45, 2.75) is 31.3 Å². The molecule has 0 bridgehead atoms. The molecule has 1 fully saturated rings. The Hall–Kier alpha value is -1.55. The smallest absolute Gasteiger partial charge is 0.223 e. The van der Waals surface area contributed by atoms with E-state index >= 15 is 0 Å². The molecule has 0 aromatic heterocycles. The number of nitrogens with zero attached hydrogens (tertiary/aromatic N) is 1. The van der Waals surface area contributed by atoms with Crippen molar-refractivity contribution < 1.29 is 9.53 Å². The van der Waals surface area contributed by atoms with Gasteiger partial charge in [0.1, 0.15) is 0 Å². The Kier molecular flexibility index (Phi) is 3.92. The molecule has 1 amide bonds. The van der Waals surface area contributed by atoms with E-state index < -0.39 is 0 Å². The molecule has 3 rings (SSSR count). The molecule has 2 aliphatic heterocycles. The van der Waals surface area contributed by atoms with E-state index in [2.05, 4.69) is 17.4 Å². The standard InChI is InChI=1S/C16H22N2O2/c1-18(11-13-5-4-8-20-13)16(19)9-12-10-17-15-7-3-2-6-14(12)15/h2-3,6-7,12-13,17H,4-5,8-11H2,1H3. The average Bonchev–Trinajstić information content (AvgIpc) is 3.09. The van der Waals surface area contributed by atoms with Gasteiger partial charge in [-0.2, -0.15) is 0 Å². The molecule has 0 aliphatic carbocycles. The molecular formula is C16H22N2O2. The number of ether oxygens (including phenoxy) is 1. The van der Waals surface area contributed by atoms with Crippen molar-refractivity contribution in [3.63, 3.8) is 0 Å². The predicted octanol–water partition coefficient (Wildman–Crippen LogP) is 2.22. The number of anilines is 1. The Labute approximate surface area is 120 Å². The van der Waals surface area contributed by atoms with Gasteiger partial charge in [0.25, 0.3) is 0 Å². The molecule has 1 aromatic rings. The zero-order valence-corrected chi connectivity index (χ0v) is 12.0. The maximum Gasteiger partial charge on any atom is 0.223 e. The van der Waals surface area contributed by atoms with E-state index in [1.807, 2.05) is 24.1 Å². The number of amides is 1. The van der Waals surface area contributed by atoms with Crippen LogP contribution in [0, 0.1) is 0 Å². The molecular weight excluding hydrogens is 252 g/mol. The van der Waals surface area contributed by atoms with Crippen molar-refractivity contribution in [2.24, 2.45) is 0 Å². The molecule has 0 radical (unpaired) electrons. The van der Waals surface area contributed by atoms with Gasteiger partial charge in [-0.25, -0.2) is 0 Å². The highest BCUT2D eigenvalue weighted by Gasteiger charge is 2.26. The van der Waals surface area contributed by atoms with E-state index in [4.69, 9.17) is 4.74 Å². The van der Waals surface area contributed by atoms with Gasteiger partial charge < -0.3 is 15.0 Å². The Bertz CT molecular complexity index is 483. The van der Waals surface area contributed by atoms with Gasteiger partial charge in [-0.15, -0.1) is 0 Å².